The van der Waals surface area contributed by atoms with E-state index < -0.39 is 5.60 Å². The maximum absolute atomic E-state index is 11.5. The lowest BCUT2D eigenvalue weighted by Crippen LogP contribution is -3.13. The molecule has 5 heteroatoms. The molecule has 156 valence electrons. The van der Waals surface area contributed by atoms with Gasteiger partial charge in [0, 0.05) is 22.9 Å². The van der Waals surface area contributed by atoms with E-state index in [1.165, 1.54) is 4.90 Å². The van der Waals surface area contributed by atoms with E-state index in [0.29, 0.717) is 0 Å². The number of methoxy groups -OCH3 is 2. The molecule has 0 aromatic heterocycles. The Morgan fingerprint density at radius 2 is 1.93 bits per heavy atom. The van der Waals surface area contributed by atoms with Crippen LogP contribution in [0.4, 0.5) is 0 Å². The van der Waals surface area contributed by atoms with Crippen LogP contribution in [0.15, 0.2) is 42.5 Å². The molecule has 2 aromatic carbocycles. The second-order valence-electron chi connectivity index (χ2n) is 8.47. The maximum Gasteiger partial charge on any atom is 0.128 e. The molecule has 1 heterocycles. The predicted octanol–water partition coefficient (Wildman–Crippen LogP) is 3.81. The Morgan fingerprint density at radius 3 is 2.69 bits per heavy atom. The van der Waals surface area contributed by atoms with Crippen molar-refractivity contribution in [1.29, 1.82) is 0 Å². The molecule has 1 unspecified atom stereocenters. The second kappa shape index (κ2) is 8.55. The highest BCUT2D eigenvalue weighted by Crippen LogP contribution is 2.46. The van der Waals surface area contributed by atoms with Crippen molar-refractivity contribution in [1.82, 2.24) is 0 Å². The Balaban J connectivity index is 1.78. The second-order valence-corrected chi connectivity index (χ2v) is 8.88. The number of nitrogens with one attached hydrogen (secondary N) is 1. The molecular weight excluding hydrogens is 386 g/mol. The number of hydrogen-bond acceptors (Lipinski definition) is 3. The SMILES string of the molecule is COc1ccc(OC)c([C@H]2[C@@H]3CCCC[C@@]3(O)CC[NH+]2Cc2ccccc2Cl)c1. The molecule has 2 fully saturated rings. The first-order chi connectivity index (χ1) is 14.1. The van der Waals surface area contributed by atoms with Gasteiger partial charge in [-0.05, 0) is 37.1 Å². The number of benzene rings is 2. The van der Waals surface area contributed by atoms with Gasteiger partial charge in [0.25, 0.3) is 0 Å². The zero-order valence-electron chi connectivity index (χ0n) is 17.3. The summed E-state index contributed by atoms with van der Waals surface area (Å²) in [6.07, 6.45) is 5.03. The van der Waals surface area contributed by atoms with E-state index in [2.05, 4.69) is 12.1 Å². The molecule has 4 rings (SSSR count). The molecule has 29 heavy (non-hydrogen) atoms. The van der Waals surface area contributed by atoms with Crippen LogP contribution in [-0.4, -0.2) is 31.5 Å². The number of halogens is 1. The van der Waals surface area contributed by atoms with Crippen LogP contribution in [0.25, 0.3) is 0 Å². The van der Waals surface area contributed by atoms with Gasteiger partial charge in [0.1, 0.15) is 24.1 Å². The van der Waals surface area contributed by atoms with Crippen molar-refractivity contribution < 1.29 is 19.5 Å². The number of piperidine rings is 1. The molecule has 0 spiro atoms. The van der Waals surface area contributed by atoms with Crippen LogP contribution in [-0.2, 0) is 6.54 Å². The Hall–Kier alpha value is -1.75. The summed E-state index contributed by atoms with van der Waals surface area (Å²) in [7, 11) is 3.41. The van der Waals surface area contributed by atoms with Crippen molar-refractivity contribution >= 4 is 11.6 Å². The van der Waals surface area contributed by atoms with Crippen molar-refractivity contribution in [3.63, 3.8) is 0 Å². The summed E-state index contributed by atoms with van der Waals surface area (Å²) in [4.78, 5) is 1.43. The quantitative estimate of drug-likeness (QED) is 0.778. The van der Waals surface area contributed by atoms with Crippen LogP contribution >= 0.6 is 11.6 Å². The summed E-state index contributed by atoms with van der Waals surface area (Å²) in [5, 5.41) is 12.3. The van der Waals surface area contributed by atoms with Gasteiger partial charge in [0.05, 0.1) is 31.9 Å². The minimum Gasteiger partial charge on any atom is -0.497 e. The average Bonchev–Trinajstić information content (AvgIpc) is 2.74. The first-order valence-corrected chi connectivity index (χ1v) is 11.0. The number of quaternary nitrogens is 1. The van der Waals surface area contributed by atoms with Crippen molar-refractivity contribution in [2.45, 2.75) is 50.3 Å². The van der Waals surface area contributed by atoms with Crippen LogP contribution in [0.3, 0.4) is 0 Å². The molecule has 2 N–H and O–H groups in total. The molecular formula is C24H31ClNO3+. The molecule has 1 saturated heterocycles. The van der Waals surface area contributed by atoms with Gasteiger partial charge in [-0.1, -0.05) is 42.6 Å². The molecule has 2 aliphatic rings. The fourth-order valence-electron chi connectivity index (χ4n) is 5.46. The highest BCUT2D eigenvalue weighted by Gasteiger charge is 2.52. The smallest absolute Gasteiger partial charge is 0.128 e. The Labute approximate surface area is 178 Å². The van der Waals surface area contributed by atoms with Gasteiger partial charge < -0.3 is 19.5 Å². The summed E-state index contributed by atoms with van der Waals surface area (Å²) in [6, 6.07) is 14.2. The number of hydrogen-bond donors (Lipinski definition) is 2. The number of rotatable bonds is 5. The van der Waals surface area contributed by atoms with Crippen LogP contribution in [0.2, 0.25) is 5.02 Å². The van der Waals surface area contributed by atoms with Crippen molar-refractivity contribution in [3.8, 4) is 11.5 Å². The third kappa shape index (κ3) is 3.98. The van der Waals surface area contributed by atoms with E-state index >= 15 is 0 Å². The highest BCUT2D eigenvalue weighted by atomic mass is 35.5. The molecule has 1 aliphatic heterocycles. The Kier molecular flexibility index (Phi) is 6.05. The first-order valence-electron chi connectivity index (χ1n) is 10.6. The van der Waals surface area contributed by atoms with E-state index in [0.717, 1.165) is 72.8 Å². The highest BCUT2D eigenvalue weighted by molar-refractivity contribution is 6.31. The Morgan fingerprint density at radius 1 is 1.10 bits per heavy atom. The van der Waals surface area contributed by atoms with Crippen molar-refractivity contribution in [2.24, 2.45) is 5.92 Å². The summed E-state index contributed by atoms with van der Waals surface area (Å²) < 4.78 is 11.3. The molecule has 1 saturated carbocycles. The Bertz CT molecular complexity index is 858. The van der Waals surface area contributed by atoms with Gasteiger partial charge in [-0.2, -0.15) is 0 Å². The van der Waals surface area contributed by atoms with Gasteiger partial charge in [0.2, 0.25) is 0 Å². The zero-order chi connectivity index (χ0) is 20.4. The number of likely N-dealkylation sites (tertiary alicyclic amines) is 1. The summed E-state index contributed by atoms with van der Waals surface area (Å²) in [6.45, 7) is 1.74. The van der Waals surface area contributed by atoms with Gasteiger partial charge in [-0.15, -0.1) is 0 Å². The minimum atomic E-state index is -0.596. The summed E-state index contributed by atoms with van der Waals surface area (Å²) >= 11 is 6.50. The molecule has 1 aliphatic carbocycles. The maximum atomic E-state index is 11.5. The normalized spacial score (nSPS) is 29.2. The first kappa shape index (κ1) is 20.5. The monoisotopic (exact) mass is 416 g/mol. The number of aliphatic hydroxyl groups is 1. The van der Waals surface area contributed by atoms with E-state index in [4.69, 9.17) is 21.1 Å². The fraction of sp³-hybridized carbons (Fsp3) is 0.500. The van der Waals surface area contributed by atoms with Crippen LogP contribution in [0, 0.1) is 5.92 Å². The molecule has 2 aromatic rings. The topological polar surface area (TPSA) is 43.1 Å². The van der Waals surface area contributed by atoms with E-state index in [9.17, 15) is 5.11 Å². The molecule has 0 bridgehead atoms. The lowest BCUT2D eigenvalue weighted by Gasteiger charge is -2.50. The molecule has 0 radical (unpaired) electrons. The van der Waals surface area contributed by atoms with Gasteiger partial charge in [-0.25, -0.2) is 0 Å². The average molecular weight is 417 g/mol. The standard InChI is InChI=1S/C24H30ClNO3/c1-28-18-10-11-22(29-2)19(15-18)23-20-8-5-6-12-24(20,27)13-14-26(23)16-17-7-3-4-9-21(17)25/h3-4,7,9-11,15,20,23,27H,5-6,8,12-14,16H2,1-2H3/p+1/t20-,23-,24+/m0/s1. The van der Waals surface area contributed by atoms with Crippen LogP contribution in [0.5, 0.6) is 11.5 Å². The zero-order valence-corrected chi connectivity index (χ0v) is 18.0. The van der Waals surface area contributed by atoms with Crippen molar-refractivity contribution in [3.05, 3.63) is 58.6 Å². The van der Waals surface area contributed by atoms with Gasteiger partial charge in [-0.3, -0.25) is 0 Å². The lowest BCUT2D eigenvalue weighted by molar-refractivity contribution is -0.958. The summed E-state index contributed by atoms with van der Waals surface area (Å²) in [5.41, 5.74) is 1.68. The third-order valence-electron chi connectivity index (χ3n) is 6.93. The third-order valence-corrected chi connectivity index (χ3v) is 7.30. The lowest BCUT2D eigenvalue weighted by atomic mass is 9.66. The van der Waals surface area contributed by atoms with Crippen LogP contribution < -0.4 is 14.4 Å². The number of ether oxygens (including phenoxy) is 2. The largest absolute Gasteiger partial charge is 0.497 e. The van der Waals surface area contributed by atoms with E-state index in [1.807, 2.05) is 30.3 Å². The summed E-state index contributed by atoms with van der Waals surface area (Å²) in [5.74, 6) is 1.88. The minimum absolute atomic E-state index is 0.135. The fourth-order valence-corrected chi connectivity index (χ4v) is 5.66. The van der Waals surface area contributed by atoms with Crippen LogP contribution in [0.1, 0.15) is 49.3 Å². The van der Waals surface area contributed by atoms with Gasteiger partial charge >= 0.3 is 0 Å². The van der Waals surface area contributed by atoms with Gasteiger partial charge in [0.15, 0.2) is 0 Å². The van der Waals surface area contributed by atoms with E-state index in [-0.39, 0.29) is 12.0 Å². The van der Waals surface area contributed by atoms with E-state index in [1.54, 1.807) is 14.2 Å². The number of fused-ring (bicyclic) bond motifs is 1. The molecule has 0 amide bonds. The van der Waals surface area contributed by atoms with Crippen molar-refractivity contribution in [2.75, 3.05) is 20.8 Å². The predicted molar refractivity (Wildman–Crippen MR) is 115 cm³/mol. The molecule has 4 nitrogen and oxygen atoms in total. The molecule has 4 atom stereocenters.